The number of nitrogens with zero attached hydrogens (tertiary/aromatic N) is 1. The zero-order valence-electron chi connectivity index (χ0n) is 10.2. The highest BCUT2D eigenvalue weighted by Gasteiger charge is 2.33. The molecule has 4 heteroatoms. The zero-order valence-corrected chi connectivity index (χ0v) is 10.2. The summed E-state index contributed by atoms with van der Waals surface area (Å²) in [5.74, 6) is 0.119. The zero-order chi connectivity index (χ0) is 12.0. The van der Waals surface area contributed by atoms with Crippen molar-refractivity contribution in [3.63, 3.8) is 0 Å². The molecule has 0 radical (unpaired) electrons. The first-order valence-electron chi connectivity index (χ1n) is 6.24. The molecule has 1 aliphatic rings. The van der Waals surface area contributed by atoms with Crippen LogP contribution >= 0.6 is 0 Å². The van der Waals surface area contributed by atoms with Gasteiger partial charge in [-0.15, -0.1) is 0 Å². The number of amides is 1. The van der Waals surface area contributed by atoms with Crippen molar-refractivity contribution in [3.05, 3.63) is 0 Å². The predicted octanol–water partition coefficient (Wildman–Crippen LogP) is 0.879. The number of aliphatic hydroxyl groups is 1. The van der Waals surface area contributed by atoms with Crippen molar-refractivity contribution >= 4 is 5.91 Å². The van der Waals surface area contributed by atoms with Gasteiger partial charge in [-0.05, 0) is 32.2 Å². The topological polar surface area (TPSA) is 66.6 Å². The smallest absolute Gasteiger partial charge is 0.222 e. The van der Waals surface area contributed by atoms with Crippen LogP contribution in [0.15, 0.2) is 0 Å². The Morgan fingerprint density at radius 3 is 2.56 bits per heavy atom. The van der Waals surface area contributed by atoms with E-state index in [1.165, 1.54) is 0 Å². The molecule has 0 saturated heterocycles. The monoisotopic (exact) mass is 228 g/mol. The quantitative estimate of drug-likeness (QED) is 0.663. The summed E-state index contributed by atoms with van der Waals surface area (Å²) in [7, 11) is 1.78. The van der Waals surface area contributed by atoms with Gasteiger partial charge in [0.2, 0.25) is 5.91 Å². The third kappa shape index (κ3) is 4.10. The van der Waals surface area contributed by atoms with Gasteiger partial charge in [-0.25, -0.2) is 0 Å². The van der Waals surface area contributed by atoms with E-state index in [1.807, 2.05) is 0 Å². The molecule has 1 saturated carbocycles. The second kappa shape index (κ2) is 6.21. The van der Waals surface area contributed by atoms with Gasteiger partial charge < -0.3 is 15.7 Å². The average molecular weight is 228 g/mol. The van der Waals surface area contributed by atoms with Crippen molar-refractivity contribution in [3.8, 4) is 0 Å². The number of hydrogen-bond donors (Lipinski definition) is 2. The van der Waals surface area contributed by atoms with Gasteiger partial charge in [0.15, 0.2) is 0 Å². The summed E-state index contributed by atoms with van der Waals surface area (Å²) in [5.41, 5.74) is 4.75. The van der Waals surface area contributed by atoms with Crippen molar-refractivity contribution in [1.82, 2.24) is 4.90 Å². The largest absolute Gasteiger partial charge is 0.388 e. The maximum Gasteiger partial charge on any atom is 0.222 e. The van der Waals surface area contributed by atoms with Crippen LogP contribution in [0.1, 0.15) is 44.9 Å². The molecule has 0 aliphatic heterocycles. The van der Waals surface area contributed by atoms with Crippen LogP contribution in [0.3, 0.4) is 0 Å². The molecule has 0 spiro atoms. The van der Waals surface area contributed by atoms with E-state index in [2.05, 4.69) is 0 Å². The van der Waals surface area contributed by atoms with E-state index >= 15 is 0 Å². The lowest BCUT2D eigenvalue weighted by molar-refractivity contribution is -0.133. The van der Waals surface area contributed by atoms with E-state index in [1.54, 1.807) is 11.9 Å². The predicted molar refractivity (Wildman–Crippen MR) is 64.0 cm³/mol. The van der Waals surface area contributed by atoms with Crippen molar-refractivity contribution in [2.45, 2.75) is 50.5 Å². The Morgan fingerprint density at radius 1 is 1.38 bits per heavy atom. The Labute approximate surface area is 97.8 Å². The van der Waals surface area contributed by atoms with E-state index in [9.17, 15) is 9.90 Å². The minimum atomic E-state index is -0.627. The summed E-state index contributed by atoms with van der Waals surface area (Å²) in [6.07, 6.45) is 6.09. The Morgan fingerprint density at radius 2 is 2.00 bits per heavy atom. The fourth-order valence-electron chi connectivity index (χ4n) is 2.33. The van der Waals surface area contributed by atoms with Crippen LogP contribution in [0.25, 0.3) is 0 Å². The summed E-state index contributed by atoms with van der Waals surface area (Å²) >= 11 is 0. The first-order chi connectivity index (χ1) is 7.57. The van der Waals surface area contributed by atoms with Gasteiger partial charge in [0.05, 0.1) is 5.60 Å². The highest BCUT2D eigenvalue weighted by molar-refractivity contribution is 5.75. The van der Waals surface area contributed by atoms with Crippen molar-refractivity contribution in [2.75, 3.05) is 20.1 Å². The molecule has 0 heterocycles. The highest BCUT2D eigenvalue weighted by Crippen LogP contribution is 2.29. The van der Waals surface area contributed by atoms with Gasteiger partial charge in [-0.1, -0.05) is 12.8 Å². The first-order valence-corrected chi connectivity index (χ1v) is 6.24. The van der Waals surface area contributed by atoms with Crippen LogP contribution in [0, 0.1) is 0 Å². The van der Waals surface area contributed by atoms with Crippen molar-refractivity contribution in [1.29, 1.82) is 0 Å². The normalized spacial score (nSPS) is 18.7. The molecule has 4 nitrogen and oxygen atoms in total. The fourth-order valence-corrected chi connectivity index (χ4v) is 2.33. The molecule has 1 fully saturated rings. The Balaban J connectivity index is 2.27. The maximum atomic E-state index is 11.7. The second-order valence-electron chi connectivity index (χ2n) is 4.93. The molecule has 0 aromatic heterocycles. The van der Waals surface area contributed by atoms with E-state index in [-0.39, 0.29) is 5.91 Å². The van der Waals surface area contributed by atoms with Gasteiger partial charge in [0.25, 0.3) is 0 Å². The SMILES string of the molecule is CN(CC1(O)CCCC1)C(=O)CCCCN. The molecule has 3 N–H and O–H groups in total. The molecule has 1 amide bonds. The summed E-state index contributed by atoms with van der Waals surface area (Å²) in [6, 6.07) is 0. The highest BCUT2D eigenvalue weighted by atomic mass is 16.3. The summed E-state index contributed by atoms with van der Waals surface area (Å²) in [6.45, 7) is 1.12. The fraction of sp³-hybridized carbons (Fsp3) is 0.917. The number of unbranched alkanes of at least 4 members (excludes halogenated alkanes) is 1. The van der Waals surface area contributed by atoms with Gasteiger partial charge >= 0.3 is 0 Å². The second-order valence-corrected chi connectivity index (χ2v) is 4.93. The average Bonchev–Trinajstić information content (AvgIpc) is 2.65. The maximum absolute atomic E-state index is 11.7. The number of carbonyl (C=O) groups is 1. The summed E-state index contributed by atoms with van der Waals surface area (Å²) in [4.78, 5) is 13.4. The van der Waals surface area contributed by atoms with Crippen LogP contribution in [-0.4, -0.2) is 41.7 Å². The van der Waals surface area contributed by atoms with Gasteiger partial charge in [-0.3, -0.25) is 4.79 Å². The molecule has 0 aromatic rings. The van der Waals surface area contributed by atoms with Crippen LogP contribution in [0.5, 0.6) is 0 Å². The lowest BCUT2D eigenvalue weighted by atomic mass is 10.0. The Bertz CT molecular complexity index is 225. The standard InChI is InChI=1S/C12H24N2O2/c1-14(11(15)6-2-5-9-13)10-12(16)7-3-4-8-12/h16H,2-10,13H2,1H3. The molecule has 0 bridgehead atoms. The van der Waals surface area contributed by atoms with E-state index in [0.717, 1.165) is 38.5 Å². The molecule has 0 unspecified atom stereocenters. The third-order valence-electron chi connectivity index (χ3n) is 3.34. The number of rotatable bonds is 6. The number of hydrogen-bond acceptors (Lipinski definition) is 3. The Hall–Kier alpha value is -0.610. The van der Waals surface area contributed by atoms with Crippen LogP contribution < -0.4 is 5.73 Å². The number of carbonyl (C=O) groups excluding carboxylic acids is 1. The van der Waals surface area contributed by atoms with E-state index in [4.69, 9.17) is 5.73 Å². The first kappa shape index (κ1) is 13.5. The Kier molecular flexibility index (Phi) is 5.22. The lowest BCUT2D eigenvalue weighted by Gasteiger charge is -2.28. The van der Waals surface area contributed by atoms with Crippen LogP contribution in [0.2, 0.25) is 0 Å². The van der Waals surface area contributed by atoms with Gasteiger partial charge in [-0.2, -0.15) is 0 Å². The van der Waals surface area contributed by atoms with E-state index in [0.29, 0.717) is 19.5 Å². The molecule has 1 rings (SSSR count). The van der Waals surface area contributed by atoms with Crippen LogP contribution in [-0.2, 0) is 4.79 Å². The summed E-state index contributed by atoms with van der Waals surface area (Å²) in [5, 5.41) is 10.2. The van der Waals surface area contributed by atoms with E-state index < -0.39 is 5.60 Å². The lowest BCUT2D eigenvalue weighted by Crippen LogP contribution is -2.41. The van der Waals surface area contributed by atoms with Gasteiger partial charge in [0, 0.05) is 20.0 Å². The van der Waals surface area contributed by atoms with Crippen molar-refractivity contribution < 1.29 is 9.90 Å². The van der Waals surface area contributed by atoms with Gasteiger partial charge in [0.1, 0.15) is 0 Å². The molecule has 0 atom stereocenters. The number of nitrogens with two attached hydrogens (primary N) is 1. The molecule has 0 aromatic carbocycles. The minimum absolute atomic E-state index is 0.119. The van der Waals surface area contributed by atoms with Crippen molar-refractivity contribution in [2.24, 2.45) is 5.73 Å². The minimum Gasteiger partial charge on any atom is -0.388 e. The van der Waals surface area contributed by atoms with Crippen LogP contribution in [0.4, 0.5) is 0 Å². The molecule has 16 heavy (non-hydrogen) atoms. The number of likely N-dealkylation sites (N-methyl/N-ethyl adjacent to an activating group) is 1. The summed E-state index contributed by atoms with van der Waals surface area (Å²) < 4.78 is 0. The molecule has 1 aliphatic carbocycles. The molecular weight excluding hydrogens is 204 g/mol. The third-order valence-corrected chi connectivity index (χ3v) is 3.34. The molecular formula is C12H24N2O2. The molecule has 94 valence electrons.